The van der Waals surface area contributed by atoms with E-state index in [1.165, 1.54) is 14.2 Å². The Kier molecular flexibility index (Phi) is 7.67. The minimum atomic E-state index is -3.43. The van der Waals surface area contributed by atoms with Gasteiger partial charge in [-0.15, -0.1) is 0 Å². The van der Waals surface area contributed by atoms with Crippen LogP contribution in [0.3, 0.4) is 0 Å². The van der Waals surface area contributed by atoms with E-state index in [-0.39, 0.29) is 23.8 Å². The molecule has 0 aliphatic carbocycles. The van der Waals surface area contributed by atoms with Crippen molar-refractivity contribution in [2.75, 3.05) is 39.3 Å². The van der Waals surface area contributed by atoms with E-state index in [1.54, 1.807) is 30.1 Å². The number of ketones is 1. The number of halogens is 3. The van der Waals surface area contributed by atoms with E-state index in [0.29, 0.717) is 17.1 Å². The summed E-state index contributed by atoms with van der Waals surface area (Å²) in [5.74, 6) is -0.837. The van der Waals surface area contributed by atoms with Crippen LogP contribution in [0.4, 0.5) is 0 Å². The van der Waals surface area contributed by atoms with Gasteiger partial charge in [0.15, 0.2) is 27.1 Å². The number of amides is 1. The van der Waals surface area contributed by atoms with Crippen molar-refractivity contribution in [3.63, 3.8) is 0 Å². The highest BCUT2D eigenvalue weighted by Gasteiger charge is 2.43. The minimum Gasteiger partial charge on any atom is -0.493 e. The number of hydrogen-bond acceptors (Lipinski definition) is 7. The predicted octanol–water partition coefficient (Wildman–Crippen LogP) is 1.47. The quantitative estimate of drug-likeness (QED) is 0.459. The van der Waals surface area contributed by atoms with Gasteiger partial charge >= 0.3 is 0 Å². The summed E-state index contributed by atoms with van der Waals surface area (Å²) < 4.78 is 32.3. The molecule has 12 heteroatoms. The molecule has 0 spiro atoms. The molecule has 1 aliphatic heterocycles. The van der Waals surface area contributed by atoms with Gasteiger partial charge in [0.05, 0.1) is 38.3 Å². The lowest BCUT2D eigenvalue weighted by Crippen LogP contribution is -2.53. The smallest absolute Gasteiger partial charge is 0.272 e. The summed E-state index contributed by atoms with van der Waals surface area (Å²) in [7, 11) is 1.10. The molecule has 1 heterocycles. The van der Waals surface area contributed by atoms with E-state index in [2.05, 4.69) is 5.32 Å². The van der Waals surface area contributed by atoms with Gasteiger partial charge in [-0.3, -0.25) is 14.5 Å². The van der Waals surface area contributed by atoms with Crippen molar-refractivity contribution in [3.05, 3.63) is 23.8 Å². The zero-order valence-corrected chi connectivity index (χ0v) is 19.0. The number of Topliss-reactive ketones (excluding diaryl/α,β-unsaturated/α-hetero) is 1. The number of ether oxygens (including phenoxy) is 2. The fraction of sp³-hybridized carbons (Fsp3) is 0.529. The standard InChI is InChI=1S/C17H21Cl3N2O6S/c1-22(7-13(23)10-4-5-14(27-2)15(6-10)28-3)12-9-29(25,26)8-11(12)21-16(24)17(18,19)20/h4-6,11-12H,7-9H2,1-3H3,(H,21,24)/t11-,12-/m0/s1. The maximum absolute atomic E-state index is 12.7. The van der Waals surface area contributed by atoms with Crippen LogP contribution in [0.15, 0.2) is 18.2 Å². The van der Waals surface area contributed by atoms with Gasteiger partial charge in [-0.25, -0.2) is 8.42 Å². The topological polar surface area (TPSA) is 102 Å². The summed E-state index contributed by atoms with van der Waals surface area (Å²) >= 11 is 16.7. The SMILES string of the molecule is COc1ccc(C(=O)CN(C)[C@H]2CS(=O)(=O)C[C@@H]2NC(=O)C(Cl)(Cl)Cl)cc1OC. The van der Waals surface area contributed by atoms with E-state index in [4.69, 9.17) is 44.3 Å². The Morgan fingerprint density at radius 2 is 1.79 bits per heavy atom. The van der Waals surface area contributed by atoms with Crippen molar-refractivity contribution >= 4 is 56.3 Å². The van der Waals surface area contributed by atoms with Crippen molar-refractivity contribution in [3.8, 4) is 11.5 Å². The Labute approximate surface area is 184 Å². The lowest BCUT2D eigenvalue weighted by atomic mass is 10.1. The van der Waals surface area contributed by atoms with Crippen molar-refractivity contribution in [1.82, 2.24) is 10.2 Å². The molecule has 1 fully saturated rings. The number of carbonyl (C=O) groups is 2. The van der Waals surface area contributed by atoms with Crippen LogP contribution in [0.25, 0.3) is 0 Å². The largest absolute Gasteiger partial charge is 0.493 e. The van der Waals surface area contributed by atoms with Gasteiger partial charge < -0.3 is 14.8 Å². The number of methoxy groups -OCH3 is 2. The second-order valence-electron chi connectivity index (χ2n) is 6.63. The van der Waals surface area contributed by atoms with Gasteiger partial charge in [-0.1, -0.05) is 34.8 Å². The maximum atomic E-state index is 12.7. The molecule has 0 unspecified atom stereocenters. The minimum absolute atomic E-state index is 0.0875. The first-order chi connectivity index (χ1) is 13.4. The number of carbonyl (C=O) groups excluding carboxylic acids is 2. The third-order valence-electron chi connectivity index (χ3n) is 4.56. The van der Waals surface area contributed by atoms with Crippen molar-refractivity contribution < 1.29 is 27.5 Å². The molecule has 2 atom stereocenters. The first kappa shape index (κ1) is 24.0. The molecule has 2 rings (SSSR count). The first-order valence-electron chi connectivity index (χ1n) is 8.41. The summed E-state index contributed by atoms with van der Waals surface area (Å²) in [5.41, 5.74) is 0.372. The molecule has 162 valence electrons. The number of nitrogens with one attached hydrogen (secondary N) is 1. The molecule has 8 nitrogen and oxygen atoms in total. The van der Waals surface area contributed by atoms with Crippen LogP contribution in [0.5, 0.6) is 11.5 Å². The molecule has 1 saturated heterocycles. The third kappa shape index (κ3) is 6.11. The molecule has 1 N–H and O–H groups in total. The van der Waals surface area contributed by atoms with Crippen LogP contribution in [0, 0.1) is 0 Å². The molecule has 1 aliphatic rings. The van der Waals surface area contributed by atoms with Crippen LogP contribution in [0.2, 0.25) is 0 Å². The van der Waals surface area contributed by atoms with E-state index in [1.807, 2.05) is 0 Å². The molecule has 1 amide bonds. The fourth-order valence-corrected chi connectivity index (χ4v) is 5.26. The maximum Gasteiger partial charge on any atom is 0.272 e. The Balaban J connectivity index is 2.15. The number of nitrogens with zero attached hydrogens (tertiary/aromatic N) is 1. The van der Waals surface area contributed by atoms with Crippen molar-refractivity contribution in [2.24, 2.45) is 0 Å². The number of benzene rings is 1. The van der Waals surface area contributed by atoms with Crippen LogP contribution in [-0.2, 0) is 14.6 Å². The predicted molar refractivity (Wildman–Crippen MR) is 111 cm³/mol. The molecule has 0 aromatic heterocycles. The number of likely N-dealkylation sites (N-methyl/N-ethyl adjacent to an activating group) is 1. The summed E-state index contributed by atoms with van der Waals surface area (Å²) in [6, 6.07) is 3.27. The zero-order chi connectivity index (χ0) is 22.0. The Morgan fingerprint density at radius 1 is 1.17 bits per heavy atom. The second kappa shape index (κ2) is 9.26. The van der Waals surface area contributed by atoms with Crippen LogP contribution in [-0.4, -0.2) is 80.2 Å². The molecule has 0 radical (unpaired) electrons. The molecule has 0 saturated carbocycles. The van der Waals surface area contributed by atoms with Gasteiger partial charge in [0.25, 0.3) is 9.70 Å². The monoisotopic (exact) mass is 486 g/mol. The van der Waals surface area contributed by atoms with E-state index >= 15 is 0 Å². The van der Waals surface area contributed by atoms with E-state index in [0.717, 1.165) is 0 Å². The Hall–Kier alpha value is -1.26. The number of alkyl halides is 3. The van der Waals surface area contributed by atoms with Crippen molar-refractivity contribution in [1.29, 1.82) is 0 Å². The lowest BCUT2D eigenvalue weighted by molar-refractivity contribution is -0.121. The molecule has 1 aromatic carbocycles. The summed E-state index contributed by atoms with van der Waals surface area (Å²) in [4.78, 5) is 26.2. The average Bonchev–Trinajstić information content (AvgIpc) is 2.94. The fourth-order valence-electron chi connectivity index (χ4n) is 3.10. The zero-order valence-electron chi connectivity index (χ0n) is 15.9. The van der Waals surface area contributed by atoms with E-state index < -0.39 is 31.6 Å². The van der Waals surface area contributed by atoms with Gasteiger partial charge in [0.1, 0.15) is 0 Å². The first-order valence-corrected chi connectivity index (χ1v) is 11.4. The Morgan fingerprint density at radius 3 is 2.34 bits per heavy atom. The molecule has 1 aromatic rings. The van der Waals surface area contributed by atoms with Crippen LogP contribution < -0.4 is 14.8 Å². The average molecular weight is 488 g/mol. The highest BCUT2D eigenvalue weighted by Crippen LogP contribution is 2.29. The normalized spacial score (nSPS) is 21.1. The summed E-state index contributed by atoms with van der Waals surface area (Å²) in [6.07, 6.45) is 0. The summed E-state index contributed by atoms with van der Waals surface area (Å²) in [6.45, 7) is -0.0875. The molecule has 0 bridgehead atoms. The molecular weight excluding hydrogens is 467 g/mol. The van der Waals surface area contributed by atoms with Crippen molar-refractivity contribution in [2.45, 2.75) is 15.9 Å². The van der Waals surface area contributed by atoms with Crippen LogP contribution >= 0.6 is 34.8 Å². The van der Waals surface area contributed by atoms with Gasteiger partial charge in [0, 0.05) is 11.6 Å². The lowest BCUT2D eigenvalue weighted by Gasteiger charge is -2.29. The highest BCUT2D eigenvalue weighted by molar-refractivity contribution is 7.91. The Bertz CT molecular complexity index is 888. The highest BCUT2D eigenvalue weighted by atomic mass is 35.6. The number of hydrogen-bond donors (Lipinski definition) is 1. The van der Waals surface area contributed by atoms with Gasteiger partial charge in [0.2, 0.25) is 0 Å². The number of sulfone groups is 1. The van der Waals surface area contributed by atoms with Gasteiger partial charge in [-0.2, -0.15) is 0 Å². The van der Waals surface area contributed by atoms with Gasteiger partial charge in [-0.05, 0) is 25.2 Å². The molecular formula is C17H21Cl3N2O6S. The van der Waals surface area contributed by atoms with Crippen LogP contribution in [0.1, 0.15) is 10.4 Å². The third-order valence-corrected chi connectivity index (χ3v) is 6.79. The summed E-state index contributed by atoms with van der Waals surface area (Å²) in [5, 5.41) is 2.45. The number of rotatable bonds is 7. The molecule has 29 heavy (non-hydrogen) atoms. The van der Waals surface area contributed by atoms with E-state index in [9.17, 15) is 18.0 Å². The second-order valence-corrected chi connectivity index (χ2v) is 11.1.